The van der Waals surface area contributed by atoms with E-state index in [0.717, 1.165) is 29.6 Å². The highest BCUT2D eigenvalue weighted by atomic mass is 35.5. The van der Waals surface area contributed by atoms with Crippen molar-refractivity contribution in [2.24, 2.45) is 5.92 Å². The standard InChI is InChI=1S/C13H18ClN/c1-10-8-12(4-5-13(10)14)9-15-7-6-11-2-3-11/h4-5,8,11,15H,2-3,6-7,9H2,1H3. The summed E-state index contributed by atoms with van der Waals surface area (Å²) in [7, 11) is 0. The molecule has 0 aliphatic heterocycles. The van der Waals surface area contributed by atoms with Crippen LogP contribution in [-0.4, -0.2) is 6.54 Å². The van der Waals surface area contributed by atoms with Crippen LogP contribution in [0.2, 0.25) is 5.02 Å². The van der Waals surface area contributed by atoms with Crippen LogP contribution in [-0.2, 0) is 6.54 Å². The van der Waals surface area contributed by atoms with Crippen molar-refractivity contribution < 1.29 is 0 Å². The number of hydrogen-bond donors (Lipinski definition) is 1. The van der Waals surface area contributed by atoms with Crippen molar-refractivity contribution in [2.75, 3.05) is 6.54 Å². The van der Waals surface area contributed by atoms with Crippen LogP contribution in [0.3, 0.4) is 0 Å². The van der Waals surface area contributed by atoms with E-state index in [1.54, 1.807) is 0 Å². The average molecular weight is 224 g/mol. The van der Waals surface area contributed by atoms with Crippen molar-refractivity contribution in [1.29, 1.82) is 0 Å². The Morgan fingerprint density at radius 1 is 1.40 bits per heavy atom. The van der Waals surface area contributed by atoms with Gasteiger partial charge in [0, 0.05) is 11.6 Å². The molecule has 1 aliphatic carbocycles. The summed E-state index contributed by atoms with van der Waals surface area (Å²) < 4.78 is 0. The van der Waals surface area contributed by atoms with E-state index in [0.29, 0.717) is 0 Å². The summed E-state index contributed by atoms with van der Waals surface area (Å²) in [6.07, 6.45) is 4.23. The average Bonchev–Trinajstić information content (AvgIpc) is 3.02. The third-order valence-corrected chi connectivity index (χ3v) is 3.40. The van der Waals surface area contributed by atoms with Crippen LogP contribution >= 0.6 is 11.6 Å². The second kappa shape index (κ2) is 5.00. The van der Waals surface area contributed by atoms with Gasteiger partial charge in [-0.15, -0.1) is 0 Å². The lowest BCUT2D eigenvalue weighted by Gasteiger charge is -2.06. The van der Waals surface area contributed by atoms with Crippen LogP contribution in [0.25, 0.3) is 0 Å². The first-order valence-electron chi connectivity index (χ1n) is 5.71. The van der Waals surface area contributed by atoms with Crippen LogP contribution in [0.15, 0.2) is 18.2 Å². The molecule has 1 nitrogen and oxygen atoms in total. The highest BCUT2D eigenvalue weighted by Gasteiger charge is 2.19. The Balaban J connectivity index is 1.74. The zero-order valence-electron chi connectivity index (χ0n) is 9.22. The van der Waals surface area contributed by atoms with Crippen LogP contribution in [0.5, 0.6) is 0 Å². The first-order chi connectivity index (χ1) is 7.25. The van der Waals surface area contributed by atoms with Gasteiger partial charge in [-0.1, -0.05) is 36.6 Å². The molecule has 15 heavy (non-hydrogen) atoms. The quantitative estimate of drug-likeness (QED) is 0.753. The number of aryl methyl sites for hydroxylation is 1. The molecular weight excluding hydrogens is 206 g/mol. The predicted octanol–water partition coefficient (Wildman–Crippen LogP) is 3.54. The summed E-state index contributed by atoms with van der Waals surface area (Å²) >= 11 is 5.97. The number of halogens is 1. The van der Waals surface area contributed by atoms with Gasteiger partial charge in [0.2, 0.25) is 0 Å². The fourth-order valence-electron chi connectivity index (χ4n) is 1.76. The molecule has 2 rings (SSSR count). The number of benzene rings is 1. The molecule has 0 atom stereocenters. The second-order valence-electron chi connectivity index (χ2n) is 4.49. The Bertz CT molecular complexity index is 331. The van der Waals surface area contributed by atoms with E-state index in [1.165, 1.54) is 24.8 Å². The SMILES string of the molecule is Cc1cc(CNCCC2CC2)ccc1Cl. The van der Waals surface area contributed by atoms with E-state index < -0.39 is 0 Å². The molecule has 0 aromatic heterocycles. The predicted molar refractivity (Wildman–Crippen MR) is 65.2 cm³/mol. The molecule has 1 fully saturated rings. The Morgan fingerprint density at radius 2 is 2.20 bits per heavy atom. The van der Waals surface area contributed by atoms with Crippen LogP contribution in [0.1, 0.15) is 30.4 Å². The first kappa shape index (κ1) is 11.0. The van der Waals surface area contributed by atoms with Crippen molar-refractivity contribution in [3.05, 3.63) is 34.3 Å². The molecule has 1 aromatic rings. The lowest BCUT2D eigenvalue weighted by molar-refractivity contribution is 0.613. The van der Waals surface area contributed by atoms with Gasteiger partial charge in [0.1, 0.15) is 0 Å². The molecule has 1 aliphatic rings. The topological polar surface area (TPSA) is 12.0 Å². The maximum absolute atomic E-state index is 5.97. The van der Waals surface area contributed by atoms with Crippen LogP contribution in [0.4, 0.5) is 0 Å². The summed E-state index contributed by atoms with van der Waals surface area (Å²) in [6, 6.07) is 6.24. The van der Waals surface area contributed by atoms with Crippen LogP contribution < -0.4 is 5.32 Å². The molecule has 1 N–H and O–H groups in total. The first-order valence-corrected chi connectivity index (χ1v) is 6.09. The molecule has 0 unspecified atom stereocenters. The van der Waals surface area contributed by atoms with E-state index in [9.17, 15) is 0 Å². The minimum Gasteiger partial charge on any atom is -0.313 e. The lowest BCUT2D eigenvalue weighted by Crippen LogP contribution is -2.15. The normalized spacial score (nSPS) is 15.6. The Hall–Kier alpha value is -0.530. The molecule has 82 valence electrons. The Labute approximate surface area is 96.8 Å². The van der Waals surface area contributed by atoms with Gasteiger partial charge >= 0.3 is 0 Å². The smallest absolute Gasteiger partial charge is 0.0435 e. The number of nitrogens with one attached hydrogen (secondary N) is 1. The maximum atomic E-state index is 5.97. The van der Waals surface area contributed by atoms with Crippen molar-refractivity contribution in [3.8, 4) is 0 Å². The van der Waals surface area contributed by atoms with Gasteiger partial charge in [-0.2, -0.15) is 0 Å². The van der Waals surface area contributed by atoms with Crippen molar-refractivity contribution in [3.63, 3.8) is 0 Å². The van der Waals surface area contributed by atoms with E-state index >= 15 is 0 Å². The minimum absolute atomic E-state index is 0.858. The van der Waals surface area contributed by atoms with Gasteiger partial charge in [0.25, 0.3) is 0 Å². The fourth-order valence-corrected chi connectivity index (χ4v) is 1.88. The molecule has 0 amide bonds. The Kier molecular flexibility index (Phi) is 3.66. The molecule has 1 aromatic carbocycles. The van der Waals surface area contributed by atoms with Gasteiger partial charge in [-0.05, 0) is 43.0 Å². The zero-order chi connectivity index (χ0) is 10.7. The van der Waals surface area contributed by atoms with E-state index in [-0.39, 0.29) is 0 Å². The molecular formula is C13H18ClN. The number of rotatable bonds is 5. The van der Waals surface area contributed by atoms with Gasteiger partial charge in [0.05, 0.1) is 0 Å². The van der Waals surface area contributed by atoms with E-state index in [4.69, 9.17) is 11.6 Å². The maximum Gasteiger partial charge on any atom is 0.0435 e. The summed E-state index contributed by atoms with van der Waals surface area (Å²) in [5.41, 5.74) is 2.49. The van der Waals surface area contributed by atoms with Gasteiger partial charge in [-0.25, -0.2) is 0 Å². The molecule has 0 spiro atoms. The van der Waals surface area contributed by atoms with E-state index in [1.807, 2.05) is 6.07 Å². The van der Waals surface area contributed by atoms with E-state index in [2.05, 4.69) is 24.4 Å². The minimum atomic E-state index is 0.858. The summed E-state index contributed by atoms with van der Waals surface area (Å²) in [6.45, 7) is 4.16. The molecule has 0 saturated heterocycles. The monoisotopic (exact) mass is 223 g/mol. The third kappa shape index (κ3) is 3.51. The summed E-state index contributed by atoms with van der Waals surface area (Å²) in [4.78, 5) is 0. The zero-order valence-corrected chi connectivity index (χ0v) is 9.98. The molecule has 2 heteroatoms. The molecule has 1 saturated carbocycles. The van der Waals surface area contributed by atoms with Gasteiger partial charge < -0.3 is 5.32 Å². The number of hydrogen-bond acceptors (Lipinski definition) is 1. The summed E-state index contributed by atoms with van der Waals surface area (Å²) in [5.74, 6) is 1.02. The third-order valence-electron chi connectivity index (χ3n) is 2.98. The molecule has 0 heterocycles. The van der Waals surface area contributed by atoms with Gasteiger partial charge in [0.15, 0.2) is 0 Å². The van der Waals surface area contributed by atoms with Gasteiger partial charge in [-0.3, -0.25) is 0 Å². The summed E-state index contributed by atoms with van der Waals surface area (Å²) in [5, 5.41) is 4.33. The van der Waals surface area contributed by atoms with Crippen molar-refractivity contribution in [1.82, 2.24) is 5.32 Å². The van der Waals surface area contributed by atoms with Crippen molar-refractivity contribution in [2.45, 2.75) is 32.7 Å². The lowest BCUT2D eigenvalue weighted by atomic mass is 10.1. The Morgan fingerprint density at radius 3 is 2.87 bits per heavy atom. The van der Waals surface area contributed by atoms with Crippen LogP contribution in [0, 0.1) is 12.8 Å². The fraction of sp³-hybridized carbons (Fsp3) is 0.538. The highest BCUT2D eigenvalue weighted by molar-refractivity contribution is 6.31. The second-order valence-corrected chi connectivity index (χ2v) is 4.90. The molecule has 0 bridgehead atoms. The highest BCUT2D eigenvalue weighted by Crippen LogP contribution is 2.31. The van der Waals surface area contributed by atoms with Crippen molar-refractivity contribution >= 4 is 11.6 Å². The largest absolute Gasteiger partial charge is 0.313 e. The molecule has 0 radical (unpaired) electrons.